The fraction of sp³-hybridized carbons (Fsp3) is 0.641. The summed E-state index contributed by atoms with van der Waals surface area (Å²) in [6.07, 6.45) is 12.4. The first kappa shape index (κ1) is 33.3. The third-order valence-electron chi connectivity index (χ3n) is 9.69. The van der Waals surface area contributed by atoms with Crippen molar-refractivity contribution in [1.29, 1.82) is 0 Å². The first-order valence-electron chi connectivity index (χ1n) is 16.8. The molecule has 2 aliphatic rings. The van der Waals surface area contributed by atoms with Gasteiger partial charge in [-0.25, -0.2) is 0 Å². The standard InChI is InChI=1S/C39H58N2O2/c1-25(2)11-13-27-17-30(35(42)32(19-27)37(5,6)7)23-40-34-21-29-15-16-39(34,22-29)41-24-31-18-28(14-12-26(3)4)20-33(36(31)43)38(8,9)10/h17-20,23-26,29,34,42-43H,11-16,21-22H2,1-10H3. The van der Waals surface area contributed by atoms with Gasteiger partial charge >= 0.3 is 0 Å². The predicted octanol–water partition coefficient (Wildman–Crippen LogP) is 9.72. The van der Waals surface area contributed by atoms with Gasteiger partial charge in [0.1, 0.15) is 11.5 Å². The minimum absolute atomic E-state index is 0.0765. The maximum atomic E-state index is 11.4. The van der Waals surface area contributed by atoms with Gasteiger partial charge in [-0.15, -0.1) is 0 Å². The highest BCUT2D eigenvalue weighted by atomic mass is 16.3. The zero-order valence-corrected chi connectivity index (χ0v) is 28.7. The van der Waals surface area contributed by atoms with Crippen molar-refractivity contribution in [2.75, 3.05) is 0 Å². The van der Waals surface area contributed by atoms with E-state index in [1.807, 2.05) is 12.4 Å². The Morgan fingerprint density at radius 3 is 1.72 bits per heavy atom. The topological polar surface area (TPSA) is 65.2 Å². The van der Waals surface area contributed by atoms with Crippen molar-refractivity contribution in [2.45, 2.75) is 143 Å². The van der Waals surface area contributed by atoms with E-state index >= 15 is 0 Å². The Bertz CT molecular complexity index is 1340. The molecule has 3 unspecified atom stereocenters. The molecule has 2 fully saturated rings. The van der Waals surface area contributed by atoms with E-state index in [2.05, 4.69) is 93.5 Å². The molecule has 4 nitrogen and oxygen atoms in total. The summed E-state index contributed by atoms with van der Waals surface area (Å²) >= 11 is 0. The number of aryl methyl sites for hydroxylation is 2. The third-order valence-corrected chi connectivity index (χ3v) is 9.69. The molecule has 0 spiro atoms. The van der Waals surface area contributed by atoms with Crippen LogP contribution in [-0.2, 0) is 23.7 Å². The molecule has 0 amide bonds. The summed E-state index contributed by atoms with van der Waals surface area (Å²) in [6, 6.07) is 8.73. The molecule has 2 aromatic carbocycles. The lowest BCUT2D eigenvalue weighted by Gasteiger charge is -2.29. The van der Waals surface area contributed by atoms with Crippen LogP contribution in [0.25, 0.3) is 0 Å². The van der Waals surface area contributed by atoms with Crippen LogP contribution >= 0.6 is 0 Å². The normalized spacial score (nSPS) is 22.7. The van der Waals surface area contributed by atoms with Crippen molar-refractivity contribution in [1.82, 2.24) is 0 Å². The number of rotatable bonds is 10. The highest BCUT2D eigenvalue weighted by molar-refractivity contribution is 5.86. The lowest BCUT2D eigenvalue weighted by Crippen LogP contribution is -2.34. The van der Waals surface area contributed by atoms with Gasteiger partial charge in [0.2, 0.25) is 0 Å². The number of benzene rings is 2. The van der Waals surface area contributed by atoms with E-state index in [0.717, 1.165) is 67.2 Å². The number of aromatic hydroxyl groups is 2. The minimum atomic E-state index is -0.249. The monoisotopic (exact) mass is 586 g/mol. The van der Waals surface area contributed by atoms with Crippen LogP contribution in [0.4, 0.5) is 0 Å². The van der Waals surface area contributed by atoms with Crippen LogP contribution in [0.15, 0.2) is 34.3 Å². The molecule has 43 heavy (non-hydrogen) atoms. The van der Waals surface area contributed by atoms with Crippen LogP contribution < -0.4 is 0 Å². The summed E-state index contributed by atoms with van der Waals surface area (Å²) in [5, 5.41) is 22.7. The van der Waals surface area contributed by atoms with Gasteiger partial charge in [-0.2, -0.15) is 0 Å². The molecule has 0 saturated heterocycles. The number of aliphatic imine (C=N–C) groups is 2. The van der Waals surface area contributed by atoms with E-state index in [-0.39, 0.29) is 22.4 Å². The number of hydrogen-bond donors (Lipinski definition) is 2. The second kappa shape index (κ2) is 12.8. The van der Waals surface area contributed by atoms with Crippen molar-refractivity contribution in [2.24, 2.45) is 27.7 Å². The zero-order valence-electron chi connectivity index (χ0n) is 28.7. The molecule has 2 saturated carbocycles. The summed E-state index contributed by atoms with van der Waals surface area (Å²) in [6.45, 7) is 22.0. The molecule has 236 valence electrons. The molecule has 2 N–H and O–H groups in total. The number of hydrogen-bond acceptors (Lipinski definition) is 4. The van der Waals surface area contributed by atoms with Gasteiger partial charge in [0.05, 0.1) is 11.6 Å². The zero-order chi connectivity index (χ0) is 31.7. The van der Waals surface area contributed by atoms with Crippen molar-refractivity contribution in [3.8, 4) is 11.5 Å². The molecule has 3 atom stereocenters. The summed E-state index contributed by atoms with van der Waals surface area (Å²) < 4.78 is 0. The maximum Gasteiger partial charge on any atom is 0.128 e. The van der Waals surface area contributed by atoms with Crippen molar-refractivity contribution in [3.05, 3.63) is 57.6 Å². The Balaban J connectivity index is 1.67. The molecule has 4 rings (SSSR count). The van der Waals surface area contributed by atoms with Crippen LogP contribution in [0, 0.1) is 17.8 Å². The Morgan fingerprint density at radius 2 is 1.28 bits per heavy atom. The number of phenolic OH excluding ortho intramolecular Hbond substituents is 2. The van der Waals surface area contributed by atoms with Gasteiger partial charge in [-0.1, -0.05) is 81.4 Å². The van der Waals surface area contributed by atoms with Gasteiger partial charge in [0.15, 0.2) is 0 Å². The molecule has 0 aromatic heterocycles. The lowest BCUT2D eigenvalue weighted by molar-refractivity contribution is 0.367. The smallest absolute Gasteiger partial charge is 0.128 e. The van der Waals surface area contributed by atoms with E-state index in [1.165, 1.54) is 17.5 Å². The van der Waals surface area contributed by atoms with Crippen LogP contribution in [0.2, 0.25) is 0 Å². The van der Waals surface area contributed by atoms with Crippen molar-refractivity contribution < 1.29 is 10.2 Å². The highest BCUT2D eigenvalue weighted by Crippen LogP contribution is 2.52. The number of fused-ring (bicyclic) bond motifs is 2. The summed E-state index contributed by atoms with van der Waals surface area (Å²) in [5.41, 5.74) is 5.58. The van der Waals surface area contributed by atoms with E-state index in [4.69, 9.17) is 9.98 Å². The predicted molar refractivity (Wildman–Crippen MR) is 184 cm³/mol. The highest BCUT2D eigenvalue weighted by Gasteiger charge is 2.52. The Hall–Kier alpha value is -2.62. The van der Waals surface area contributed by atoms with Crippen LogP contribution in [0.5, 0.6) is 11.5 Å². The lowest BCUT2D eigenvalue weighted by atomic mass is 9.83. The molecule has 0 aliphatic heterocycles. The van der Waals surface area contributed by atoms with Gasteiger partial charge in [-0.3, -0.25) is 9.98 Å². The minimum Gasteiger partial charge on any atom is -0.507 e. The van der Waals surface area contributed by atoms with Crippen molar-refractivity contribution >= 4 is 12.4 Å². The molecule has 2 aromatic rings. The fourth-order valence-electron chi connectivity index (χ4n) is 6.95. The second-order valence-corrected chi connectivity index (χ2v) is 16.5. The first-order valence-corrected chi connectivity index (χ1v) is 16.8. The number of nitrogens with zero attached hydrogens (tertiary/aromatic N) is 2. The average Bonchev–Trinajstić information content (AvgIpc) is 3.47. The first-order chi connectivity index (χ1) is 20.0. The Labute approximate surface area is 262 Å². The van der Waals surface area contributed by atoms with Gasteiger partial charge in [-0.05, 0) is 103 Å². The molecular formula is C39H58N2O2. The quantitative estimate of drug-likeness (QED) is 0.272. The van der Waals surface area contributed by atoms with Crippen LogP contribution in [-0.4, -0.2) is 34.2 Å². The van der Waals surface area contributed by atoms with Crippen LogP contribution in [0.1, 0.15) is 141 Å². The maximum absolute atomic E-state index is 11.4. The van der Waals surface area contributed by atoms with Gasteiger partial charge in [0, 0.05) is 34.7 Å². The molecule has 2 bridgehead atoms. The molecular weight excluding hydrogens is 528 g/mol. The Morgan fingerprint density at radius 1 is 0.791 bits per heavy atom. The number of phenols is 2. The average molecular weight is 587 g/mol. The van der Waals surface area contributed by atoms with Gasteiger partial charge in [0.25, 0.3) is 0 Å². The van der Waals surface area contributed by atoms with Crippen LogP contribution in [0.3, 0.4) is 0 Å². The third kappa shape index (κ3) is 7.91. The molecule has 0 radical (unpaired) electrons. The van der Waals surface area contributed by atoms with E-state index in [9.17, 15) is 10.2 Å². The van der Waals surface area contributed by atoms with Crippen molar-refractivity contribution in [3.63, 3.8) is 0 Å². The molecule has 2 aliphatic carbocycles. The second-order valence-electron chi connectivity index (χ2n) is 16.5. The SMILES string of the molecule is CC(C)CCc1cc(C=NC2CC3CCC2(N=Cc2cc(CCC(C)C)cc(C(C)(C)C)c2O)C3)c(O)c(C(C)(C)C)c1. The van der Waals surface area contributed by atoms with E-state index in [1.54, 1.807) is 0 Å². The fourth-order valence-corrected chi connectivity index (χ4v) is 6.95. The van der Waals surface area contributed by atoms with Gasteiger partial charge < -0.3 is 10.2 Å². The summed E-state index contributed by atoms with van der Waals surface area (Å²) in [4.78, 5) is 10.4. The molecule has 4 heteroatoms. The van der Waals surface area contributed by atoms with E-state index in [0.29, 0.717) is 29.3 Å². The largest absolute Gasteiger partial charge is 0.507 e. The summed E-state index contributed by atoms with van der Waals surface area (Å²) in [7, 11) is 0. The molecule has 0 heterocycles. The Kier molecular flexibility index (Phi) is 9.89. The van der Waals surface area contributed by atoms with E-state index < -0.39 is 0 Å². The summed E-state index contributed by atoms with van der Waals surface area (Å²) in [5.74, 6) is 2.59.